The average molecular weight is 438 g/mol. The highest BCUT2D eigenvalue weighted by atomic mass is 35.5. The molecule has 0 fully saturated rings. The van der Waals surface area contributed by atoms with Crippen LogP contribution in [0.5, 0.6) is 0 Å². The number of carbonyl (C=O) groups is 1. The number of hydrogen-bond donors (Lipinski definition) is 3. The Balaban J connectivity index is 1.81. The second kappa shape index (κ2) is 12.8. The second-order valence-corrected chi connectivity index (χ2v) is 8.39. The zero-order valence-electron chi connectivity index (χ0n) is 18.5. The maximum absolute atomic E-state index is 12.2. The van der Waals surface area contributed by atoms with Crippen LogP contribution < -0.4 is 16.0 Å². The van der Waals surface area contributed by atoms with Crippen molar-refractivity contribution in [2.75, 3.05) is 18.4 Å². The molecule has 1 unspecified atom stereocenters. The van der Waals surface area contributed by atoms with Gasteiger partial charge < -0.3 is 16.0 Å². The van der Waals surface area contributed by atoms with Gasteiger partial charge in [0, 0.05) is 36.3 Å². The van der Waals surface area contributed by atoms with Crippen LogP contribution in [0.3, 0.4) is 0 Å². The van der Waals surface area contributed by atoms with Crippen LogP contribution in [0.1, 0.15) is 45.2 Å². The van der Waals surface area contributed by atoms with Gasteiger partial charge in [-0.2, -0.15) is 0 Å². The Bertz CT molecular complexity index is 900. The number of anilines is 1. The number of terminal acetylenes is 1. The topological polar surface area (TPSA) is 53.2 Å². The van der Waals surface area contributed by atoms with Gasteiger partial charge in [0.25, 0.3) is 0 Å². The molecule has 0 aromatic heterocycles. The first kappa shape index (κ1) is 24.5. The lowest BCUT2D eigenvalue weighted by Gasteiger charge is -2.17. The Morgan fingerprint density at radius 3 is 2.65 bits per heavy atom. The maximum Gasteiger partial charge on any atom is 0.319 e. The molecule has 1 aliphatic rings. The number of carbonyl (C=O) groups excluding carboxylic acids is 1. The van der Waals surface area contributed by atoms with Gasteiger partial charge in [-0.25, -0.2) is 4.79 Å². The van der Waals surface area contributed by atoms with Crippen molar-refractivity contribution in [2.45, 2.75) is 39.7 Å². The molecule has 2 rings (SSSR count). The first-order chi connectivity index (χ1) is 14.9. The molecule has 4 nitrogen and oxygen atoms in total. The van der Waals surface area contributed by atoms with Crippen LogP contribution in [0.25, 0.3) is 0 Å². The fourth-order valence-corrected chi connectivity index (χ4v) is 3.20. The van der Waals surface area contributed by atoms with Gasteiger partial charge in [-0.1, -0.05) is 53.6 Å². The highest BCUT2D eigenvalue weighted by Crippen LogP contribution is 2.19. The minimum Gasteiger partial charge on any atom is -0.337 e. The van der Waals surface area contributed by atoms with Gasteiger partial charge in [0.1, 0.15) is 0 Å². The van der Waals surface area contributed by atoms with E-state index >= 15 is 0 Å². The SMILES string of the molecule is C#CC/C(=C\C=C(C)C)CN[C@@H](C)c1ccc(NC(=O)NCC2C=CC(Cl)=CC2)cc1. The van der Waals surface area contributed by atoms with Gasteiger partial charge in [0.15, 0.2) is 0 Å². The number of urea groups is 1. The third kappa shape index (κ3) is 9.29. The predicted octanol–water partition coefficient (Wildman–Crippen LogP) is 6.07. The summed E-state index contributed by atoms with van der Waals surface area (Å²) in [7, 11) is 0. The largest absolute Gasteiger partial charge is 0.337 e. The molecule has 0 heterocycles. The summed E-state index contributed by atoms with van der Waals surface area (Å²) in [5.74, 6) is 2.99. The smallest absolute Gasteiger partial charge is 0.319 e. The summed E-state index contributed by atoms with van der Waals surface area (Å²) in [6.07, 6.45) is 17.0. The fraction of sp³-hybridized carbons (Fsp3) is 0.346. The van der Waals surface area contributed by atoms with Crippen molar-refractivity contribution < 1.29 is 4.79 Å². The molecular formula is C26H32ClN3O. The summed E-state index contributed by atoms with van der Waals surface area (Å²) >= 11 is 5.92. The normalized spacial score (nSPS) is 16.7. The summed E-state index contributed by atoms with van der Waals surface area (Å²) in [6, 6.07) is 7.81. The monoisotopic (exact) mass is 437 g/mol. The lowest BCUT2D eigenvalue weighted by molar-refractivity contribution is 0.251. The van der Waals surface area contributed by atoms with Crippen molar-refractivity contribution in [3.63, 3.8) is 0 Å². The quantitative estimate of drug-likeness (QED) is 0.324. The zero-order valence-corrected chi connectivity index (χ0v) is 19.3. The number of hydrogen-bond acceptors (Lipinski definition) is 2. The summed E-state index contributed by atoms with van der Waals surface area (Å²) in [5.41, 5.74) is 4.32. The third-order valence-corrected chi connectivity index (χ3v) is 5.23. The minimum atomic E-state index is -0.212. The summed E-state index contributed by atoms with van der Waals surface area (Å²) in [5, 5.41) is 10.0. The molecular weight excluding hydrogens is 406 g/mol. The van der Waals surface area contributed by atoms with E-state index in [0.29, 0.717) is 13.0 Å². The molecule has 1 aromatic carbocycles. The molecule has 0 bridgehead atoms. The Hall–Kier alpha value is -2.74. The van der Waals surface area contributed by atoms with Crippen molar-refractivity contribution in [3.8, 4) is 12.3 Å². The Morgan fingerprint density at radius 2 is 2.03 bits per heavy atom. The van der Waals surface area contributed by atoms with Crippen LogP contribution in [0.4, 0.5) is 10.5 Å². The van der Waals surface area contributed by atoms with Crippen molar-refractivity contribution in [1.82, 2.24) is 10.6 Å². The van der Waals surface area contributed by atoms with E-state index in [1.807, 2.05) is 42.5 Å². The van der Waals surface area contributed by atoms with Crippen molar-refractivity contribution in [2.24, 2.45) is 5.92 Å². The van der Waals surface area contributed by atoms with E-state index in [1.54, 1.807) is 0 Å². The standard InChI is InChI=1S/C26H32ClN3O/c1-5-6-21(8-7-19(2)3)17-28-20(4)23-11-15-25(16-12-23)30-26(31)29-18-22-9-13-24(27)14-10-22/h1,7-9,11-16,20,22,28H,6,10,17-18H2,2-4H3,(H2,29,30,31)/b21-8+/t20-,22?/m0/s1. The lowest BCUT2D eigenvalue weighted by atomic mass is 10.0. The fourth-order valence-electron chi connectivity index (χ4n) is 3.04. The first-order valence-corrected chi connectivity index (χ1v) is 10.9. The predicted molar refractivity (Wildman–Crippen MR) is 132 cm³/mol. The molecule has 164 valence electrons. The minimum absolute atomic E-state index is 0.161. The van der Waals surface area contributed by atoms with Gasteiger partial charge in [0.2, 0.25) is 0 Å². The van der Waals surface area contributed by atoms with Crippen molar-refractivity contribution in [1.29, 1.82) is 0 Å². The van der Waals surface area contributed by atoms with E-state index in [4.69, 9.17) is 18.0 Å². The molecule has 2 atom stereocenters. The zero-order chi connectivity index (χ0) is 22.6. The van der Waals surface area contributed by atoms with E-state index in [0.717, 1.165) is 29.2 Å². The van der Waals surface area contributed by atoms with Crippen molar-refractivity contribution >= 4 is 23.3 Å². The number of amides is 2. The third-order valence-electron chi connectivity index (χ3n) is 4.95. The van der Waals surface area contributed by atoms with Crippen LogP contribution in [0.2, 0.25) is 0 Å². The highest BCUT2D eigenvalue weighted by molar-refractivity contribution is 6.31. The lowest BCUT2D eigenvalue weighted by Crippen LogP contribution is -2.32. The molecule has 0 saturated heterocycles. The number of nitrogens with one attached hydrogen (secondary N) is 3. The summed E-state index contributed by atoms with van der Waals surface area (Å²) in [6.45, 7) is 7.55. The van der Waals surface area contributed by atoms with E-state index in [2.05, 4.69) is 54.8 Å². The molecule has 31 heavy (non-hydrogen) atoms. The Labute approximate surface area is 191 Å². The van der Waals surface area contributed by atoms with Gasteiger partial charge in [-0.3, -0.25) is 0 Å². The van der Waals surface area contributed by atoms with E-state index in [9.17, 15) is 4.79 Å². The number of rotatable bonds is 9. The molecule has 5 heteroatoms. The van der Waals surface area contributed by atoms with Gasteiger partial charge in [-0.05, 0) is 62.5 Å². The van der Waals surface area contributed by atoms with Crippen LogP contribution in [-0.4, -0.2) is 19.1 Å². The van der Waals surface area contributed by atoms with Gasteiger partial charge in [-0.15, -0.1) is 12.3 Å². The molecule has 3 N–H and O–H groups in total. The molecule has 0 spiro atoms. The average Bonchev–Trinajstić information content (AvgIpc) is 2.75. The number of allylic oxidation sites excluding steroid dienone is 6. The first-order valence-electron chi connectivity index (χ1n) is 10.6. The Kier molecular flexibility index (Phi) is 10.2. The second-order valence-electron chi connectivity index (χ2n) is 7.95. The van der Waals surface area contributed by atoms with E-state index in [-0.39, 0.29) is 18.0 Å². The highest BCUT2D eigenvalue weighted by Gasteiger charge is 2.10. The number of halogens is 1. The maximum atomic E-state index is 12.2. The van der Waals surface area contributed by atoms with Gasteiger partial charge >= 0.3 is 6.03 Å². The van der Waals surface area contributed by atoms with Crippen LogP contribution >= 0.6 is 11.6 Å². The summed E-state index contributed by atoms with van der Waals surface area (Å²) in [4.78, 5) is 12.2. The van der Waals surface area contributed by atoms with Crippen LogP contribution in [-0.2, 0) is 0 Å². The van der Waals surface area contributed by atoms with E-state index < -0.39 is 0 Å². The van der Waals surface area contributed by atoms with Gasteiger partial charge in [0.05, 0.1) is 0 Å². The van der Waals surface area contributed by atoms with Crippen LogP contribution in [0.15, 0.2) is 70.8 Å². The number of benzene rings is 1. The van der Waals surface area contributed by atoms with Crippen molar-refractivity contribution in [3.05, 3.63) is 76.4 Å². The summed E-state index contributed by atoms with van der Waals surface area (Å²) < 4.78 is 0. The Morgan fingerprint density at radius 1 is 1.29 bits per heavy atom. The molecule has 1 aromatic rings. The molecule has 0 saturated carbocycles. The molecule has 2 amide bonds. The molecule has 0 aliphatic heterocycles. The van der Waals surface area contributed by atoms with Crippen LogP contribution in [0, 0.1) is 18.3 Å². The van der Waals surface area contributed by atoms with E-state index in [1.165, 1.54) is 11.1 Å². The molecule has 0 radical (unpaired) electrons. The molecule has 1 aliphatic carbocycles.